The van der Waals surface area contributed by atoms with E-state index in [-0.39, 0.29) is 11.1 Å². The first kappa shape index (κ1) is 13.4. The summed E-state index contributed by atoms with van der Waals surface area (Å²) in [6.07, 6.45) is 8.97. The Bertz CT molecular complexity index is 452. The number of nitrogens with zero attached hydrogens (tertiary/aromatic N) is 2. The van der Waals surface area contributed by atoms with Crippen molar-refractivity contribution in [3.8, 4) is 0 Å². The summed E-state index contributed by atoms with van der Waals surface area (Å²) in [5.41, 5.74) is -0.214. The van der Waals surface area contributed by atoms with Crippen LogP contribution in [0.1, 0.15) is 39.0 Å². The fourth-order valence-electron chi connectivity index (χ4n) is 2.55. The van der Waals surface area contributed by atoms with Gasteiger partial charge in [-0.3, -0.25) is 4.79 Å². The number of alkyl halides is 1. The minimum Gasteiger partial charge on any atom is -0.359 e. The maximum atomic E-state index is 12.1. The van der Waals surface area contributed by atoms with Crippen LogP contribution in [-0.2, 0) is 6.54 Å². The summed E-state index contributed by atoms with van der Waals surface area (Å²) in [7, 11) is 0. The van der Waals surface area contributed by atoms with Gasteiger partial charge in [0.05, 0.1) is 5.54 Å². The number of aromatic nitrogens is 2. The third kappa shape index (κ3) is 2.69. The monoisotopic (exact) mass is 269 g/mol. The van der Waals surface area contributed by atoms with Gasteiger partial charge < -0.3 is 9.88 Å². The van der Waals surface area contributed by atoms with Crippen LogP contribution in [0, 0.1) is 0 Å². The van der Waals surface area contributed by atoms with Gasteiger partial charge in [-0.2, -0.15) is 0 Å². The van der Waals surface area contributed by atoms with Crippen LogP contribution in [0.2, 0.25) is 0 Å². The lowest BCUT2D eigenvalue weighted by Crippen LogP contribution is -2.44. The molecule has 5 heteroatoms. The van der Waals surface area contributed by atoms with Crippen LogP contribution in [0.4, 0.5) is 5.82 Å². The predicted octanol–water partition coefficient (Wildman–Crippen LogP) is 2.62. The highest BCUT2D eigenvalue weighted by Crippen LogP contribution is 2.31. The van der Waals surface area contributed by atoms with Crippen molar-refractivity contribution < 1.29 is 0 Å². The first-order valence-corrected chi connectivity index (χ1v) is 7.14. The minimum absolute atomic E-state index is 0.0601. The molecule has 0 atom stereocenters. The van der Waals surface area contributed by atoms with Gasteiger partial charge in [-0.05, 0) is 19.8 Å². The number of rotatable bonds is 4. The van der Waals surface area contributed by atoms with Crippen molar-refractivity contribution in [1.82, 2.24) is 9.55 Å². The standard InChI is InChI=1S/C13H20ClN3O/c1-2-17-9-8-15-11(12(17)18)16-13(10-14)6-4-3-5-7-13/h8-9H,2-7,10H2,1H3,(H,15,16). The molecule has 1 aliphatic carbocycles. The summed E-state index contributed by atoms with van der Waals surface area (Å²) >= 11 is 6.11. The van der Waals surface area contributed by atoms with Gasteiger partial charge in [0, 0.05) is 24.8 Å². The lowest BCUT2D eigenvalue weighted by atomic mass is 9.83. The van der Waals surface area contributed by atoms with Gasteiger partial charge >= 0.3 is 0 Å². The normalized spacial score (nSPS) is 18.6. The highest BCUT2D eigenvalue weighted by molar-refractivity contribution is 6.18. The Morgan fingerprint density at radius 2 is 2.17 bits per heavy atom. The van der Waals surface area contributed by atoms with Gasteiger partial charge in [0.15, 0.2) is 5.82 Å². The van der Waals surface area contributed by atoms with Crippen LogP contribution in [0.25, 0.3) is 0 Å². The first-order chi connectivity index (χ1) is 8.71. The smallest absolute Gasteiger partial charge is 0.293 e. The molecule has 0 saturated heterocycles. The van der Waals surface area contributed by atoms with Crippen LogP contribution in [0.5, 0.6) is 0 Å². The maximum absolute atomic E-state index is 12.1. The molecule has 1 N–H and O–H groups in total. The summed E-state index contributed by atoms with van der Waals surface area (Å²) in [5.74, 6) is 0.955. The average Bonchev–Trinajstić information content (AvgIpc) is 2.42. The largest absolute Gasteiger partial charge is 0.359 e. The maximum Gasteiger partial charge on any atom is 0.293 e. The second-order valence-electron chi connectivity index (χ2n) is 4.97. The Morgan fingerprint density at radius 3 is 2.78 bits per heavy atom. The Balaban J connectivity index is 2.24. The zero-order valence-electron chi connectivity index (χ0n) is 10.8. The zero-order chi connectivity index (χ0) is 13.0. The van der Waals surface area contributed by atoms with Gasteiger partial charge in [0.25, 0.3) is 5.56 Å². The van der Waals surface area contributed by atoms with E-state index in [9.17, 15) is 4.79 Å². The van der Waals surface area contributed by atoms with E-state index in [1.807, 2.05) is 6.92 Å². The number of aryl methyl sites for hydroxylation is 1. The van der Waals surface area contributed by atoms with E-state index in [0.717, 1.165) is 25.7 Å². The summed E-state index contributed by atoms with van der Waals surface area (Å²) < 4.78 is 1.65. The van der Waals surface area contributed by atoms with Crippen LogP contribution in [0.3, 0.4) is 0 Å². The molecule has 1 aromatic heterocycles. The topological polar surface area (TPSA) is 46.9 Å². The highest BCUT2D eigenvalue weighted by atomic mass is 35.5. The molecule has 1 saturated carbocycles. The van der Waals surface area contributed by atoms with E-state index < -0.39 is 0 Å². The van der Waals surface area contributed by atoms with Crippen molar-refractivity contribution in [1.29, 1.82) is 0 Å². The molecule has 1 fully saturated rings. The van der Waals surface area contributed by atoms with Crippen molar-refractivity contribution in [3.63, 3.8) is 0 Å². The molecule has 0 unspecified atom stereocenters. The SMILES string of the molecule is CCn1ccnc(NC2(CCl)CCCCC2)c1=O. The van der Waals surface area contributed by atoms with Crippen LogP contribution in [-0.4, -0.2) is 21.0 Å². The summed E-state index contributed by atoms with van der Waals surface area (Å²) in [6, 6.07) is 0. The van der Waals surface area contributed by atoms with Gasteiger partial charge in [-0.1, -0.05) is 19.3 Å². The first-order valence-electron chi connectivity index (χ1n) is 6.60. The molecule has 18 heavy (non-hydrogen) atoms. The van der Waals surface area contributed by atoms with Gasteiger partial charge in [-0.25, -0.2) is 4.98 Å². The molecule has 2 rings (SSSR count). The fourth-order valence-corrected chi connectivity index (χ4v) is 2.89. The van der Waals surface area contributed by atoms with Gasteiger partial charge in [0.2, 0.25) is 0 Å². The molecule has 0 radical (unpaired) electrons. The molecule has 1 aliphatic rings. The molecule has 0 spiro atoms. The minimum atomic E-state index is -0.154. The Hall–Kier alpha value is -1.03. The molecule has 1 aromatic rings. The van der Waals surface area contributed by atoms with E-state index in [2.05, 4.69) is 10.3 Å². The quantitative estimate of drug-likeness (QED) is 0.855. The Morgan fingerprint density at radius 1 is 1.44 bits per heavy atom. The number of hydrogen-bond acceptors (Lipinski definition) is 3. The lowest BCUT2D eigenvalue weighted by molar-refractivity contribution is 0.352. The van der Waals surface area contributed by atoms with Crippen molar-refractivity contribution in [2.45, 2.75) is 51.1 Å². The third-order valence-corrected chi connectivity index (χ3v) is 4.22. The molecular weight excluding hydrogens is 250 g/mol. The zero-order valence-corrected chi connectivity index (χ0v) is 11.5. The Labute approximate surface area is 112 Å². The van der Waals surface area contributed by atoms with E-state index in [4.69, 9.17) is 11.6 Å². The summed E-state index contributed by atoms with van der Waals surface area (Å²) in [6.45, 7) is 2.60. The van der Waals surface area contributed by atoms with Crippen molar-refractivity contribution >= 4 is 17.4 Å². The molecule has 100 valence electrons. The Kier molecular flexibility index (Phi) is 4.27. The fraction of sp³-hybridized carbons (Fsp3) is 0.692. The predicted molar refractivity (Wildman–Crippen MR) is 74.3 cm³/mol. The molecule has 0 amide bonds. The van der Waals surface area contributed by atoms with Gasteiger partial charge in [0.1, 0.15) is 0 Å². The second kappa shape index (κ2) is 5.74. The van der Waals surface area contributed by atoms with E-state index in [1.165, 1.54) is 6.42 Å². The number of hydrogen-bond donors (Lipinski definition) is 1. The summed E-state index contributed by atoms with van der Waals surface area (Å²) in [5, 5.41) is 3.31. The number of anilines is 1. The van der Waals surface area contributed by atoms with Crippen LogP contribution in [0.15, 0.2) is 17.2 Å². The van der Waals surface area contributed by atoms with E-state index in [1.54, 1.807) is 17.0 Å². The van der Waals surface area contributed by atoms with Crippen LogP contribution >= 0.6 is 11.6 Å². The van der Waals surface area contributed by atoms with Crippen molar-refractivity contribution in [2.24, 2.45) is 0 Å². The molecule has 0 aliphatic heterocycles. The van der Waals surface area contributed by atoms with E-state index >= 15 is 0 Å². The highest BCUT2D eigenvalue weighted by Gasteiger charge is 2.32. The molecule has 0 bridgehead atoms. The summed E-state index contributed by atoms with van der Waals surface area (Å²) in [4.78, 5) is 16.3. The molecule has 1 heterocycles. The molecule has 0 aromatic carbocycles. The van der Waals surface area contributed by atoms with Gasteiger partial charge in [-0.15, -0.1) is 11.6 Å². The van der Waals surface area contributed by atoms with Crippen LogP contribution < -0.4 is 10.9 Å². The average molecular weight is 270 g/mol. The lowest BCUT2D eigenvalue weighted by Gasteiger charge is -2.36. The number of halogens is 1. The number of nitrogens with one attached hydrogen (secondary N) is 1. The molecule has 4 nitrogen and oxygen atoms in total. The second-order valence-corrected chi connectivity index (χ2v) is 5.23. The van der Waals surface area contributed by atoms with Crippen molar-refractivity contribution in [2.75, 3.05) is 11.2 Å². The molecular formula is C13H20ClN3O. The third-order valence-electron chi connectivity index (χ3n) is 3.70. The van der Waals surface area contributed by atoms with Crippen molar-refractivity contribution in [3.05, 3.63) is 22.7 Å². The van der Waals surface area contributed by atoms with E-state index in [0.29, 0.717) is 18.2 Å².